The summed E-state index contributed by atoms with van der Waals surface area (Å²) in [6.45, 7) is 7.11. The lowest BCUT2D eigenvalue weighted by Gasteiger charge is -2.26. The van der Waals surface area contributed by atoms with Crippen molar-refractivity contribution in [2.75, 3.05) is 51.3 Å². The summed E-state index contributed by atoms with van der Waals surface area (Å²) in [6.07, 6.45) is -0.786. The van der Waals surface area contributed by atoms with Crippen LogP contribution in [0.5, 0.6) is 11.6 Å². The normalized spacial score (nSPS) is 13.2. The van der Waals surface area contributed by atoms with Crippen LogP contribution in [0.15, 0.2) is 70.7 Å². The molecule has 5 aromatic rings. The standard InChI is InChI=1S/C21H24N8O3S2.C7H7NO2/c1-2-32-18-6-5-17-25-26-21(29(17)27-18)33-14-3-4-15-16(13-14)34-20(23-15)24-19(30)22-7-8-28-9-11-31-12-10-28;8-7(9)10-6-4-2-1-3-5-6/h3-6,13H,2,7-12H2,1H3,(H2,22,23,24,30);1-5H,(H2,8,9). The largest absolute Gasteiger partial charge is 0.477 e. The van der Waals surface area contributed by atoms with Gasteiger partial charge in [0.25, 0.3) is 0 Å². The summed E-state index contributed by atoms with van der Waals surface area (Å²) in [5.41, 5.74) is 6.23. The predicted molar refractivity (Wildman–Crippen MR) is 167 cm³/mol. The summed E-state index contributed by atoms with van der Waals surface area (Å²) in [5, 5.41) is 19.8. The number of benzene rings is 2. The zero-order chi connectivity index (χ0) is 30.7. The van der Waals surface area contributed by atoms with Crippen molar-refractivity contribution in [3.63, 3.8) is 0 Å². The lowest BCUT2D eigenvalue weighted by Crippen LogP contribution is -2.42. The molecule has 0 atom stereocenters. The molecular formula is C28H31N9O5S2. The van der Waals surface area contributed by atoms with Gasteiger partial charge in [-0.15, -0.1) is 15.3 Å². The number of fused-ring (bicyclic) bond motifs is 2. The Balaban J connectivity index is 0.000000328. The number of urea groups is 1. The predicted octanol–water partition coefficient (Wildman–Crippen LogP) is 3.88. The average molecular weight is 638 g/mol. The Kier molecular flexibility index (Phi) is 10.7. The Hall–Kier alpha value is -4.51. The van der Waals surface area contributed by atoms with Crippen LogP contribution in [0.1, 0.15) is 6.92 Å². The van der Waals surface area contributed by atoms with Crippen LogP contribution in [0.25, 0.3) is 15.9 Å². The van der Waals surface area contributed by atoms with Gasteiger partial charge in [0.05, 0.1) is 30.0 Å². The van der Waals surface area contributed by atoms with E-state index >= 15 is 0 Å². The van der Waals surface area contributed by atoms with Crippen molar-refractivity contribution in [2.45, 2.75) is 17.0 Å². The van der Waals surface area contributed by atoms with Crippen molar-refractivity contribution in [1.29, 1.82) is 0 Å². The van der Waals surface area contributed by atoms with Gasteiger partial charge in [-0.05, 0) is 55.1 Å². The summed E-state index contributed by atoms with van der Waals surface area (Å²) in [7, 11) is 0. The van der Waals surface area contributed by atoms with Gasteiger partial charge in [-0.2, -0.15) is 4.52 Å². The second-order valence-corrected chi connectivity index (χ2v) is 11.2. The molecule has 14 nitrogen and oxygen atoms in total. The third kappa shape index (κ3) is 8.76. The van der Waals surface area contributed by atoms with Gasteiger partial charge < -0.3 is 25.3 Å². The molecule has 1 fully saturated rings. The van der Waals surface area contributed by atoms with E-state index in [1.165, 1.54) is 23.1 Å². The Bertz CT molecular complexity index is 1690. The van der Waals surface area contributed by atoms with Crippen LogP contribution in [-0.4, -0.2) is 87.8 Å². The van der Waals surface area contributed by atoms with Gasteiger partial charge in [0.2, 0.25) is 11.0 Å². The van der Waals surface area contributed by atoms with E-state index < -0.39 is 6.09 Å². The molecule has 0 aliphatic carbocycles. The van der Waals surface area contributed by atoms with Crippen LogP contribution in [0.3, 0.4) is 0 Å². The van der Waals surface area contributed by atoms with E-state index in [-0.39, 0.29) is 6.03 Å². The van der Waals surface area contributed by atoms with Crippen molar-refractivity contribution in [2.24, 2.45) is 5.73 Å². The zero-order valence-corrected chi connectivity index (χ0v) is 25.5. The van der Waals surface area contributed by atoms with Crippen LogP contribution in [-0.2, 0) is 4.74 Å². The van der Waals surface area contributed by atoms with Crippen molar-refractivity contribution in [1.82, 2.24) is 35.0 Å². The molecule has 2 aromatic carbocycles. The summed E-state index contributed by atoms with van der Waals surface area (Å²) in [5.74, 6) is 0.989. The highest BCUT2D eigenvalue weighted by Gasteiger charge is 2.14. The summed E-state index contributed by atoms with van der Waals surface area (Å²) >= 11 is 2.87. The topological polar surface area (TPSA) is 171 Å². The SMILES string of the molecule is CCOc1ccc2nnc(Sc3ccc4nc(NC(=O)NCCN5CCOCC5)sc4c3)n2n1.NC(=O)Oc1ccccc1. The minimum absolute atomic E-state index is 0.256. The zero-order valence-electron chi connectivity index (χ0n) is 23.8. The maximum Gasteiger partial charge on any atom is 0.409 e. The maximum atomic E-state index is 12.3. The van der Waals surface area contributed by atoms with Gasteiger partial charge in [0.15, 0.2) is 10.8 Å². The first kappa shape index (κ1) is 30.9. The first-order valence-corrected chi connectivity index (χ1v) is 15.4. The van der Waals surface area contributed by atoms with Crippen LogP contribution in [0.4, 0.5) is 14.7 Å². The molecule has 4 N–H and O–H groups in total. The number of nitrogens with one attached hydrogen (secondary N) is 2. The van der Waals surface area contributed by atoms with Gasteiger partial charge in [0, 0.05) is 37.1 Å². The van der Waals surface area contributed by atoms with E-state index in [0.29, 0.717) is 40.7 Å². The molecule has 0 spiro atoms. The number of carbonyl (C=O) groups excluding carboxylic acids is 2. The molecule has 230 valence electrons. The Morgan fingerprint density at radius 1 is 1.09 bits per heavy atom. The lowest BCUT2D eigenvalue weighted by molar-refractivity contribution is 0.0388. The van der Waals surface area contributed by atoms with Gasteiger partial charge in [-0.3, -0.25) is 10.2 Å². The smallest absolute Gasteiger partial charge is 0.409 e. The number of carbonyl (C=O) groups is 2. The number of nitrogens with two attached hydrogens (primary N) is 1. The van der Waals surface area contributed by atoms with Crippen molar-refractivity contribution in [3.8, 4) is 11.6 Å². The van der Waals surface area contributed by atoms with Crippen molar-refractivity contribution >= 4 is 56.2 Å². The minimum atomic E-state index is -0.786. The number of aromatic nitrogens is 5. The quantitative estimate of drug-likeness (QED) is 0.214. The highest BCUT2D eigenvalue weighted by Crippen LogP contribution is 2.33. The molecule has 6 rings (SSSR count). The summed E-state index contributed by atoms with van der Waals surface area (Å²) in [4.78, 5) is 30.2. The van der Waals surface area contributed by atoms with E-state index in [9.17, 15) is 9.59 Å². The summed E-state index contributed by atoms with van der Waals surface area (Å²) < 4.78 is 18.0. The summed E-state index contributed by atoms with van der Waals surface area (Å²) in [6, 6.07) is 17.9. The van der Waals surface area contributed by atoms with Gasteiger partial charge in [-0.1, -0.05) is 29.5 Å². The molecule has 4 heterocycles. The van der Waals surface area contributed by atoms with E-state index in [1.54, 1.807) is 34.8 Å². The number of hydrogen-bond acceptors (Lipinski definition) is 12. The molecule has 3 amide bonds. The molecule has 3 aromatic heterocycles. The highest BCUT2D eigenvalue weighted by molar-refractivity contribution is 7.99. The molecule has 1 aliphatic rings. The number of thiazole rings is 1. The first-order chi connectivity index (χ1) is 21.5. The van der Waals surface area contributed by atoms with Gasteiger partial charge >= 0.3 is 12.1 Å². The van der Waals surface area contributed by atoms with Crippen LogP contribution < -0.4 is 25.8 Å². The van der Waals surface area contributed by atoms with Crippen LogP contribution >= 0.6 is 23.1 Å². The number of para-hydroxylation sites is 1. The number of ether oxygens (including phenoxy) is 3. The molecule has 1 aliphatic heterocycles. The Morgan fingerprint density at radius 3 is 2.68 bits per heavy atom. The molecule has 16 heteroatoms. The number of hydrogen-bond donors (Lipinski definition) is 3. The fraction of sp³-hybridized carbons (Fsp3) is 0.286. The molecule has 44 heavy (non-hydrogen) atoms. The fourth-order valence-corrected chi connectivity index (χ4v) is 5.87. The minimum Gasteiger partial charge on any atom is -0.477 e. The second-order valence-electron chi connectivity index (χ2n) is 9.18. The van der Waals surface area contributed by atoms with Crippen molar-refractivity contribution in [3.05, 3.63) is 60.7 Å². The van der Waals surface area contributed by atoms with Crippen molar-refractivity contribution < 1.29 is 23.8 Å². The molecule has 1 saturated heterocycles. The Labute approximate surface area is 260 Å². The number of anilines is 1. The third-order valence-electron chi connectivity index (χ3n) is 6.07. The average Bonchev–Trinajstić information content (AvgIpc) is 3.61. The van der Waals surface area contributed by atoms with E-state index in [4.69, 9.17) is 15.2 Å². The monoisotopic (exact) mass is 637 g/mol. The molecule has 0 unspecified atom stereocenters. The number of primary amides is 1. The Morgan fingerprint density at radius 2 is 1.91 bits per heavy atom. The van der Waals surface area contributed by atoms with Crippen LogP contribution in [0.2, 0.25) is 0 Å². The maximum absolute atomic E-state index is 12.3. The van der Waals surface area contributed by atoms with E-state index in [0.717, 1.165) is 48.0 Å². The van der Waals surface area contributed by atoms with E-state index in [2.05, 4.69) is 40.6 Å². The van der Waals surface area contributed by atoms with E-state index in [1.807, 2.05) is 37.3 Å². The molecular weight excluding hydrogens is 607 g/mol. The molecule has 0 radical (unpaired) electrons. The third-order valence-corrected chi connectivity index (χ3v) is 7.93. The number of morpholine rings is 1. The fourth-order valence-electron chi connectivity index (χ4n) is 4.07. The number of nitrogens with zero attached hydrogens (tertiary/aromatic N) is 6. The van der Waals surface area contributed by atoms with Crippen LogP contribution in [0, 0.1) is 0 Å². The highest BCUT2D eigenvalue weighted by atomic mass is 32.2. The first-order valence-electron chi connectivity index (χ1n) is 13.8. The number of rotatable bonds is 9. The van der Waals surface area contributed by atoms with Gasteiger partial charge in [0.1, 0.15) is 5.75 Å². The van der Waals surface area contributed by atoms with Gasteiger partial charge in [-0.25, -0.2) is 14.6 Å². The molecule has 0 saturated carbocycles. The molecule has 0 bridgehead atoms. The second kappa shape index (κ2) is 15.3. The lowest BCUT2D eigenvalue weighted by atomic mass is 10.3. The number of amides is 3.